The Morgan fingerprint density at radius 2 is 1.69 bits per heavy atom. The highest BCUT2D eigenvalue weighted by Crippen LogP contribution is 2.30. The van der Waals surface area contributed by atoms with E-state index in [1.54, 1.807) is 18.2 Å². The van der Waals surface area contributed by atoms with Gasteiger partial charge in [-0.05, 0) is 54.6 Å². The number of benzene rings is 3. The number of nitrogens with one attached hydrogen (secondary N) is 2. The van der Waals surface area contributed by atoms with E-state index in [1.165, 1.54) is 59.9 Å². The molecule has 1 fully saturated rings. The molecule has 1 saturated heterocycles. The molecular weight excluding hydrogens is 570 g/mol. The first-order valence-corrected chi connectivity index (χ1v) is 15.0. The van der Waals surface area contributed by atoms with Gasteiger partial charge in [-0.25, -0.2) is 16.8 Å². The number of rotatable bonds is 10. The van der Waals surface area contributed by atoms with Crippen LogP contribution in [0.5, 0.6) is 11.5 Å². The van der Waals surface area contributed by atoms with Crippen LogP contribution in [0.15, 0.2) is 76.5 Å². The van der Waals surface area contributed by atoms with E-state index in [-0.39, 0.29) is 45.0 Å². The van der Waals surface area contributed by atoms with Gasteiger partial charge in [0, 0.05) is 18.8 Å². The Morgan fingerprint density at radius 3 is 2.38 bits per heavy atom. The lowest BCUT2D eigenvalue weighted by Crippen LogP contribution is -2.40. The Labute approximate surface area is 231 Å². The van der Waals surface area contributed by atoms with Crippen molar-refractivity contribution in [2.45, 2.75) is 9.79 Å². The summed E-state index contributed by atoms with van der Waals surface area (Å²) in [6, 6.07) is 16.2. The van der Waals surface area contributed by atoms with Gasteiger partial charge in [0.2, 0.25) is 10.0 Å². The number of nitrogens with zero attached hydrogens (tertiary/aromatic N) is 1. The second kappa shape index (κ2) is 12.2. The number of para-hydroxylation sites is 2. The molecule has 1 amide bonds. The van der Waals surface area contributed by atoms with Crippen molar-refractivity contribution in [2.75, 3.05) is 50.1 Å². The summed E-state index contributed by atoms with van der Waals surface area (Å²) < 4.78 is 71.1. The highest BCUT2D eigenvalue weighted by atomic mass is 35.5. The van der Waals surface area contributed by atoms with E-state index in [4.69, 9.17) is 25.8 Å². The molecule has 4 rings (SSSR count). The molecule has 11 nitrogen and oxygen atoms in total. The maximum atomic E-state index is 13.0. The van der Waals surface area contributed by atoms with E-state index in [9.17, 15) is 21.6 Å². The third-order valence-electron chi connectivity index (χ3n) is 5.66. The van der Waals surface area contributed by atoms with Crippen LogP contribution in [-0.4, -0.2) is 67.1 Å². The van der Waals surface area contributed by atoms with E-state index in [1.807, 2.05) is 0 Å². The summed E-state index contributed by atoms with van der Waals surface area (Å²) in [5.41, 5.74) is 0.406. The van der Waals surface area contributed by atoms with Crippen LogP contribution in [0.4, 0.5) is 11.4 Å². The lowest BCUT2D eigenvalue weighted by Gasteiger charge is -2.26. The molecule has 1 heterocycles. The normalized spacial score (nSPS) is 14.4. The van der Waals surface area contributed by atoms with Gasteiger partial charge in [-0.1, -0.05) is 23.7 Å². The highest BCUT2D eigenvalue weighted by Gasteiger charge is 2.26. The number of sulfonamides is 2. The van der Waals surface area contributed by atoms with Crippen molar-refractivity contribution in [3.8, 4) is 11.5 Å². The molecule has 2 N–H and O–H groups in total. The molecule has 0 radical (unpaired) electrons. The summed E-state index contributed by atoms with van der Waals surface area (Å²) in [6.07, 6.45) is 0. The molecule has 3 aromatic rings. The minimum absolute atomic E-state index is 0.0428. The van der Waals surface area contributed by atoms with E-state index in [0.717, 1.165) is 0 Å². The SMILES string of the molecule is COc1ccccc1NS(=O)(=O)c1cc(NC(=O)COc2ccc(S(=O)(=O)N3CCOCC3)cc2)ccc1Cl. The first kappa shape index (κ1) is 28.6. The monoisotopic (exact) mass is 595 g/mol. The smallest absolute Gasteiger partial charge is 0.263 e. The zero-order valence-electron chi connectivity index (χ0n) is 20.8. The Bertz CT molecular complexity index is 1540. The van der Waals surface area contributed by atoms with Gasteiger partial charge in [0.15, 0.2) is 6.61 Å². The van der Waals surface area contributed by atoms with Crippen LogP contribution in [0.1, 0.15) is 0 Å². The van der Waals surface area contributed by atoms with Crippen LogP contribution in [0, 0.1) is 0 Å². The summed E-state index contributed by atoms with van der Waals surface area (Å²) in [4.78, 5) is 12.3. The van der Waals surface area contributed by atoms with Crippen molar-refractivity contribution < 1.29 is 35.8 Å². The average molecular weight is 596 g/mol. The first-order valence-electron chi connectivity index (χ1n) is 11.7. The zero-order valence-corrected chi connectivity index (χ0v) is 23.2. The molecule has 1 aliphatic heterocycles. The Kier molecular flexibility index (Phi) is 8.97. The summed E-state index contributed by atoms with van der Waals surface area (Å²) in [5.74, 6) is 0.0420. The number of amides is 1. The summed E-state index contributed by atoms with van der Waals surface area (Å²) in [7, 11) is -6.35. The number of ether oxygens (including phenoxy) is 3. The van der Waals surface area contributed by atoms with Crippen LogP contribution in [0.3, 0.4) is 0 Å². The van der Waals surface area contributed by atoms with Crippen LogP contribution < -0.4 is 19.5 Å². The molecule has 208 valence electrons. The highest BCUT2D eigenvalue weighted by molar-refractivity contribution is 7.92. The maximum absolute atomic E-state index is 13.0. The molecule has 14 heteroatoms. The van der Waals surface area contributed by atoms with Crippen molar-refractivity contribution in [2.24, 2.45) is 0 Å². The number of hydrogen-bond donors (Lipinski definition) is 2. The summed E-state index contributed by atoms with van der Waals surface area (Å²) in [5, 5.41) is 2.52. The van der Waals surface area contributed by atoms with Gasteiger partial charge >= 0.3 is 0 Å². The van der Waals surface area contributed by atoms with Crippen molar-refractivity contribution in [1.82, 2.24) is 4.31 Å². The largest absolute Gasteiger partial charge is 0.495 e. The van der Waals surface area contributed by atoms with Gasteiger partial charge in [-0.15, -0.1) is 0 Å². The van der Waals surface area contributed by atoms with E-state index in [0.29, 0.717) is 19.0 Å². The van der Waals surface area contributed by atoms with E-state index in [2.05, 4.69) is 10.0 Å². The van der Waals surface area contributed by atoms with Gasteiger partial charge < -0.3 is 19.5 Å². The fraction of sp³-hybridized carbons (Fsp3) is 0.240. The molecule has 0 bridgehead atoms. The van der Waals surface area contributed by atoms with Crippen molar-refractivity contribution in [3.05, 3.63) is 71.8 Å². The van der Waals surface area contributed by atoms with E-state index >= 15 is 0 Å². The predicted molar refractivity (Wildman–Crippen MR) is 145 cm³/mol. The molecule has 0 spiro atoms. The fourth-order valence-corrected chi connectivity index (χ4v) is 6.71. The third kappa shape index (κ3) is 6.99. The van der Waals surface area contributed by atoms with Gasteiger partial charge in [0.25, 0.3) is 15.9 Å². The van der Waals surface area contributed by atoms with Crippen molar-refractivity contribution in [3.63, 3.8) is 0 Å². The first-order chi connectivity index (χ1) is 18.6. The summed E-state index contributed by atoms with van der Waals surface area (Å²) >= 11 is 6.15. The topological polar surface area (TPSA) is 140 Å². The van der Waals surface area contributed by atoms with Crippen LogP contribution in [-0.2, 0) is 29.6 Å². The predicted octanol–water partition coefficient (Wildman–Crippen LogP) is 3.19. The van der Waals surface area contributed by atoms with Crippen LogP contribution in [0.2, 0.25) is 5.02 Å². The van der Waals surface area contributed by atoms with Crippen LogP contribution in [0.25, 0.3) is 0 Å². The zero-order chi connectivity index (χ0) is 28.0. The standard InChI is InChI=1S/C25H26ClN3O8S2/c1-35-23-5-3-2-4-22(23)28-38(31,32)24-16-18(6-11-21(24)26)27-25(30)17-37-19-7-9-20(10-8-19)39(33,34)29-12-14-36-15-13-29/h2-11,16,28H,12-15,17H2,1H3,(H,27,30). The molecular formula is C25H26ClN3O8S2. The minimum atomic E-state index is -4.12. The molecule has 0 saturated carbocycles. The number of halogens is 1. The van der Waals surface area contributed by atoms with Crippen molar-refractivity contribution in [1.29, 1.82) is 0 Å². The fourth-order valence-electron chi connectivity index (χ4n) is 3.71. The van der Waals surface area contributed by atoms with Gasteiger partial charge in [0.1, 0.15) is 16.4 Å². The van der Waals surface area contributed by atoms with Crippen LogP contribution >= 0.6 is 11.6 Å². The quantitative estimate of drug-likeness (QED) is 0.364. The lowest BCUT2D eigenvalue weighted by atomic mass is 10.3. The maximum Gasteiger partial charge on any atom is 0.263 e. The number of anilines is 2. The molecule has 0 atom stereocenters. The summed E-state index contributed by atoms with van der Waals surface area (Å²) in [6.45, 7) is 0.847. The van der Waals surface area contributed by atoms with E-state index < -0.39 is 32.6 Å². The minimum Gasteiger partial charge on any atom is -0.495 e. The Balaban J connectivity index is 1.38. The number of hydrogen-bond acceptors (Lipinski definition) is 8. The molecule has 0 aromatic heterocycles. The Morgan fingerprint density at radius 1 is 1.00 bits per heavy atom. The number of methoxy groups -OCH3 is 1. The number of carbonyl (C=O) groups is 1. The van der Waals surface area contributed by atoms with Crippen molar-refractivity contribution >= 4 is 48.9 Å². The lowest BCUT2D eigenvalue weighted by molar-refractivity contribution is -0.118. The van der Waals surface area contributed by atoms with Gasteiger partial charge in [-0.2, -0.15) is 4.31 Å². The van der Waals surface area contributed by atoms with Gasteiger partial charge in [-0.3, -0.25) is 9.52 Å². The molecule has 0 unspecified atom stereocenters. The molecule has 39 heavy (non-hydrogen) atoms. The third-order valence-corrected chi connectivity index (χ3v) is 9.42. The molecule has 0 aliphatic carbocycles. The average Bonchev–Trinajstić information content (AvgIpc) is 2.93. The number of carbonyl (C=O) groups excluding carboxylic acids is 1. The molecule has 3 aromatic carbocycles. The number of morpholine rings is 1. The second-order valence-electron chi connectivity index (χ2n) is 8.28. The molecule has 1 aliphatic rings. The Hall–Kier alpha value is -3.36. The second-order valence-corrected chi connectivity index (χ2v) is 12.3. The van der Waals surface area contributed by atoms with Gasteiger partial charge in [0.05, 0.1) is 35.9 Å².